The first-order valence-corrected chi connectivity index (χ1v) is 7.07. The van der Waals surface area contributed by atoms with Crippen molar-refractivity contribution in [2.75, 3.05) is 0 Å². The van der Waals surface area contributed by atoms with Gasteiger partial charge in [0.2, 0.25) is 0 Å². The zero-order valence-corrected chi connectivity index (χ0v) is 11.9. The highest BCUT2D eigenvalue weighted by atomic mass is 16.3. The summed E-state index contributed by atoms with van der Waals surface area (Å²) >= 11 is 0. The van der Waals surface area contributed by atoms with Gasteiger partial charge in [0, 0.05) is 12.0 Å². The molecule has 0 aliphatic carbocycles. The SMILES string of the molecule is CCc1ccc(C(O)c2ccoc2CC)cc1CC. The lowest BCUT2D eigenvalue weighted by Crippen LogP contribution is -2.03. The standard InChI is InChI=1S/C17H22O2/c1-4-12-7-8-14(11-13(12)5-2)17(18)15-9-10-19-16(15)6-3/h7-11,17-18H,4-6H2,1-3H3. The average Bonchev–Trinajstić information content (AvgIpc) is 2.94. The van der Waals surface area contributed by atoms with Crippen LogP contribution in [-0.2, 0) is 19.3 Å². The summed E-state index contributed by atoms with van der Waals surface area (Å²) in [6.07, 6.45) is 3.89. The van der Waals surface area contributed by atoms with E-state index < -0.39 is 6.10 Å². The van der Waals surface area contributed by atoms with E-state index >= 15 is 0 Å². The van der Waals surface area contributed by atoms with Crippen LogP contribution in [0.1, 0.15) is 54.9 Å². The Hall–Kier alpha value is -1.54. The van der Waals surface area contributed by atoms with Crippen molar-refractivity contribution >= 4 is 0 Å². The zero-order valence-electron chi connectivity index (χ0n) is 11.9. The van der Waals surface area contributed by atoms with Gasteiger partial charge in [0.15, 0.2) is 0 Å². The highest BCUT2D eigenvalue weighted by Crippen LogP contribution is 2.28. The maximum atomic E-state index is 10.5. The Bertz CT molecular complexity index is 540. The minimum atomic E-state index is -0.593. The van der Waals surface area contributed by atoms with Crippen molar-refractivity contribution in [2.45, 2.75) is 46.1 Å². The lowest BCUT2D eigenvalue weighted by atomic mass is 9.95. The lowest BCUT2D eigenvalue weighted by molar-refractivity contribution is 0.217. The third-order valence-corrected chi connectivity index (χ3v) is 3.70. The number of aliphatic hydroxyl groups is 1. The number of benzene rings is 1. The molecular weight excluding hydrogens is 236 g/mol. The van der Waals surface area contributed by atoms with E-state index in [1.807, 2.05) is 19.1 Å². The van der Waals surface area contributed by atoms with Crippen LogP contribution in [0.3, 0.4) is 0 Å². The van der Waals surface area contributed by atoms with E-state index in [0.29, 0.717) is 0 Å². The molecule has 1 heterocycles. The third kappa shape index (κ3) is 2.74. The molecule has 1 N–H and O–H groups in total. The second-order valence-corrected chi connectivity index (χ2v) is 4.79. The summed E-state index contributed by atoms with van der Waals surface area (Å²) in [5, 5.41) is 10.5. The van der Waals surface area contributed by atoms with Gasteiger partial charge < -0.3 is 9.52 Å². The fourth-order valence-electron chi connectivity index (χ4n) is 2.55. The predicted octanol–water partition coefficient (Wildman–Crippen LogP) is 4.05. The van der Waals surface area contributed by atoms with E-state index in [-0.39, 0.29) is 0 Å². The van der Waals surface area contributed by atoms with Gasteiger partial charge in [0.25, 0.3) is 0 Å². The molecule has 0 saturated heterocycles. The predicted molar refractivity (Wildman–Crippen MR) is 77.3 cm³/mol. The van der Waals surface area contributed by atoms with Gasteiger partial charge in [-0.05, 0) is 35.6 Å². The highest BCUT2D eigenvalue weighted by Gasteiger charge is 2.17. The van der Waals surface area contributed by atoms with Crippen molar-refractivity contribution in [2.24, 2.45) is 0 Å². The van der Waals surface area contributed by atoms with Gasteiger partial charge in [0.05, 0.1) is 6.26 Å². The van der Waals surface area contributed by atoms with Crippen LogP contribution in [0, 0.1) is 0 Å². The van der Waals surface area contributed by atoms with Gasteiger partial charge in [0.1, 0.15) is 11.9 Å². The molecule has 0 radical (unpaired) electrons. The molecule has 0 bridgehead atoms. The normalized spacial score (nSPS) is 12.6. The Morgan fingerprint density at radius 2 is 1.74 bits per heavy atom. The summed E-state index contributed by atoms with van der Waals surface area (Å²) in [5.74, 6) is 0.866. The second-order valence-electron chi connectivity index (χ2n) is 4.79. The summed E-state index contributed by atoms with van der Waals surface area (Å²) in [5.41, 5.74) is 4.51. The summed E-state index contributed by atoms with van der Waals surface area (Å²) in [6, 6.07) is 8.14. The summed E-state index contributed by atoms with van der Waals surface area (Å²) < 4.78 is 5.40. The van der Waals surface area contributed by atoms with Crippen LogP contribution in [0.2, 0.25) is 0 Å². The minimum absolute atomic E-state index is 0.593. The van der Waals surface area contributed by atoms with Crippen LogP contribution in [-0.4, -0.2) is 5.11 Å². The average molecular weight is 258 g/mol. The van der Waals surface area contributed by atoms with Crippen molar-refractivity contribution in [1.82, 2.24) is 0 Å². The second kappa shape index (κ2) is 6.07. The van der Waals surface area contributed by atoms with Crippen LogP contribution in [0.15, 0.2) is 34.9 Å². The van der Waals surface area contributed by atoms with Crippen LogP contribution >= 0.6 is 0 Å². The van der Waals surface area contributed by atoms with Gasteiger partial charge in [-0.1, -0.05) is 39.0 Å². The fourth-order valence-corrected chi connectivity index (χ4v) is 2.55. The molecule has 0 amide bonds. The molecule has 1 unspecified atom stereocenters. The van der Waals surface area contributed by atoms with Crippen molar-refractivity contribution in [3.8, 4) is 0 Å². The van der Waals surface area contributed by atoms with Gasteiger partial charge in [-0.2, -0.15) is 0 Å². The zero-order chi connectivity index (χ0) is 13.8. The summed E-state index contributed by atoms with van der Waals surface area (Å²) in [4.78, 5) is 0. The van der Waals surface area contributed by atoms with Gasteiger partial charge in [-0.15, -0.1) is 0 Å². The van der Waals surface area contributed by atoms with Crippen LogP contribution in [0.4, 0.5) is 0 Å². The Morgan fingerprint density at radius 1 is 1.00 bits per heavy atom. The molecular formula is C17H22O2. The van der Waals surface area contributed by atoms with Gasteiger partial charge in [-0.3, -0.25) is 0 Å². The Balaban J connectivity index is 2.36. The van der Waals surface area contributed by atoms with Crippen molar-refractivity contribution in [1.29, 1.82) is 0 Å². The van der Waals surface area contributed by atoms with Crippen molar-refractivity contribution in [3.05, 3.63) is 58.5 Å². The number of hydrogen-bond acceptors (Lipinski definition) is 2. The smallest absolute Gasteiger partial charge is 0.109 e. The van der Waals surface area contributed by atoms with Crippen LogP contribution in [0.5, 0.6) is 0 Å². The quantitative estimate of drug-likeness (QED) is 0.877. The molecule has 102 valence electrons. The monoisotopic (exact) mass is 258 g/mol. The maximum Gasteiger partial charge on any atom is 0.109 e. The Morgan fingerprint density at radius 3 is 2.37 bits per heavy atom. The molecule has 19 heavy (non-hydrogen) atoms. The number of aryl methyl sites for hydroxylation is 3. The maximum absolute atomic E-state index is 10.5. The Kier molecular flexibility index (Phi) is 4.43. The first-order valence-electron chi connectivity index (χ1n) is 7.07. The minimum Gasteiger partial charge on any atom is -0.469 e. The molecule has 2 nitrogen and oxygen atoms in total. The summed E-state index contributed by atoms with van der Waals surface area (Å²) in [6.45, 7) is 6.35. The first kappa shape index (κ1) is 13.9. The van der Waals surface area contributed by atoms with E-state index in [2.05, 4.69) is 26.0 Å². The first-order chi connectivity index (χ1) is 9.21. The number of aliphatic hydroxyl groups excluding tert-OH is 1. The molecule has 0 aliphatic heterocycles. The van der Waals surface area contributed by atoms with Gasteiger partial charge in [-0.25, -0.2) is 0 Å². The molecule has 0 spiro atoms. The number of rotatable bonds is 5. The van der Waals surface area contributed by atoms with E-state index in [9.17, 15) is 5.11 Å². The van der Waals surface area contributed by atoms with E-state index in [0.717, 1.165) is 36.1 Å². The number of hydrogen-bond donors (Lipinski definition) is 1. The molecule has 0 saturated carbocycles. The van der Waals surface area contributed by atoms with Crippen molar-refractivity contribution < 1.29 is 9.52 Å². The number of furan rings is 1. The molecule has 1 atom stereocenters. The molecule has 2 heteroatoms. The molecule has 0 aliphatic rings. The Labute approximate surface area is 115 Å². The molecule has 1 aromatic carbocycles. The lowest BCUT2D eigenvalue weighted by Gasteiger charge is -2.14. The molecule has 1 aromatic heterocycles. The third-order valence-electron chi connectivity index (χ3n) is 3.70. The topological polar surface area (TPSA) is 33.4 Å². The molecule has 2 rings (SSSR count). The fraction of sp³-hybridized carbons (Fsp3) is 0.412. The largest absolute Gasteiger partial charge is 0.469 e. The van der Waals surface area contributed by atoms with E-state index in [4.69, 9.17) is 4.42 Å². The van der Waals surface area contributed by atoms with Crippen molar-refractivity contribution in [3.63, 3.8) is 0 Å². The van der Waals surface area contributed by atoms with Crippen LogP contribution < -0.4 is 0 Å². The van der Waals surface area contributed by atoms with E-state index in [1.165, 1.54) is 11.1 Å². The van der Waals surface area contributed by atoms with E-state index in [1.54, 1.807) is 6.26 Å². The van der Waals surface area contributed by atoms with Gasteiger partial charge >= 0.3 is 0 Å². The summed E-state index contributed by atoms with van der Waals surface area (Å²) in [7, 11) is 0. The molecule has 2 aromatic rings. The molecule has 0 fully saturated rings. The highest BCUT2D eigenvalue weighted by molar-refractivity contribution is 5.37. The van der Waals surface area contributed by atoms with Crippen LogP contribution in [0.25, 0.3) is 0 Å².